The lowest BCUT2D eigenvalue weighted by Crippen LogP contribution is -1.95. The van der Waals surface area contributed by atoms with E-state index in [4.69, 9.17) is 11.6 Å². The second-order valence-electron chi connectivity index (χ2n) is 3.77. The van der Waals surface area contributed by atoms with Crippen molar-refractivity contribution in [3.8, 4) is 0 Å². The second kappa shape index (κ2) is 2.70. The molecule has 0 bridgehead atoms. The molecule has 0 spiro atoms. The van der Waals surface area contributed by atoms with E-state index in [0.717, 1.165) is 17.0 Å². The molecule has 0 aliphatic heterocycles. The molecule has 0 atom stereocenters. The van der Waals surface area contributed by atoms with Gasteiger partial charge in [0.1, 0.15) is 11.3 Å². The number of fused-ring (bicyclic) bond motifs is 1. The molecule has 0 N–H and O–H groups in total. The lowest BCUT2D eigenvalue weighted by atomic mass is 10.4. The summed E-state index contributed by atoms with van der Waals surface area (Å²) in [4.78, 5) is 8.83. The van der Waals surface area contributed by atoms with E-state index in [2.05, 4.69) is 14.5 Å². The highest BCUT2D eigenvalue weighted by Gasteiger charge is 2.29. The van der Waals surface area contributed by atoms with Gasteiger partial charge in [0.05, 0.1) is 5.02 Å². The maximum absolute atomic E-state index is 6.05. The highest BCUT2D eigenvalue weighted by Crippen LogP contribution is 2.40. The van der Waals surface area contributed by atoms with Crippen LogP contribution in [0.2, 0.25) is 5.02 Å². The molecule has 1 saturated carbocycles. The van der Waals surface area contributed by atoms with Crippen LogP contribution in [0.5, 0.6) is 0 Å². The van der Waals surface area contributed by atoms with Gasteiger partial charge in [-0.25, -0.2) is 9.97 Å². The number of aryl methyl sites for hydroxylation is 1. The molecule has 0 radical (unpaired) electrons. The first kappa shape index (κ1) is 8.24. The molecule has 0 amide bonds. The Morgan fingerprint density at radius 3 is 2.93 bits per heavy atom. The fourth-order valence-electron chi connectivity index (χ4n) is 1.77. The zero-order chi connectivity index (χ0) is 9.71. The van der Waals surface area contributed by atoms with Crippen LogP contribution >= 0.6 is 11.6 Å². The third kappa shape index (κ3) is 1.05. The van der Waals surface area contributed by atoms with Crippen molar-refractivity contribution in [3.05, 3.63) is 23.1 Å². The fourth-order valence-corrected chi connectivity index (χ4v) is 1.96. The maximum atomic E-state index is 6.05. The summed E-state index contributed by atoms with van der Waals surface area (Å²) in [5, 5.41) is 0.692. The van der Waals surface area contributed by atoms with Gasteiger partial charge < -0.3 is 4.57 Å². The van der Waals surface area contributed by atoms with Crippen LogP contribution in [0.3, 0.4) is 0 Å². The number of rotatable bonds is 1. The molecule has 1 fully saturated rings. The number of hydrogen-bond donors (Lipinski definition) is 0. The zero-order valence-electron chi connectivity index (χ0n) is 7.87. The summed E-state index contributed by atoms with van der Waals surface area (Å²) in [5.74, 6) is 1.76. The summed E-state index contributed by atoms with van der Waals surface area (Å²) in [5.41, 5.74) is 1.72. The Morgan fingerprint density at radius 2 is 2.29 bits per heavy atom. The van der Waals surface area contributed by atoms with E-state index in [9.17, 15) is 0 Å². The molecule has 1 aliphatic rings. The van der Waals surface area contributed by atoms with Gasteiger partial charge in [0.2, 0.25) is 0 Å². The van der Waals surface area contributed by atoms with Gasteiger partial charge in [0.15, 0.2) is 5.65 Å². The van der Waals surface area contributed by atoms with Crippen molar-refractivity contribution < 1.29 is 0 Å². The largest absolute Gasteiger partial charge is 0.316 e. The number of nitrogens with zero attached hydrogens (tertiary/aromatic N) is 3. The predicted molar refractivity (Wildman–Crippen MR) is 55.5 cm³/mol. The van der Waals surface area contributed by atoms with Crippen LogP contribution in [0.1, 0.15) is 24.6 Å². The average molecular weight is 208 g/mol. The second-order valence-corrected chi connectivity index (χ2v) is 4.18. The fraction of sp³-hybridized carbons (Fsp3) is 0.400. The molecule has 1 aliphatic carbocycles. The Kier molecular flexibility index (Phi) is 1.59. The molecule has 2 aromatic heterocycles. The van der Waals surface area contributed by atoms with Crippen LogP contribution in [-0.2, 0) is 7.05 Å². The van der Waals surface area contributed by atoms with Gasteiger partial charge >= 0.3 is 0 Å². The predicted octanol–water partition coefficient (Wildman–Crippen LogP) is 2.50. The lowest BCUT2D eigenvalue weighted by Gasteiger charge is -1.97. The van der Waals surface area contributed by atoms with E-state index in [1.165, 1.54) is 12.8 Å². The van der Waals surface area contributed by atoms with Gasteiger partial charge in [-0.2, -0.15) is 0 Å². The van der Waals surface area contributed by atoms with Crippen LogP contribution in [0.4, 0.5) is 0 Å². The SMILES string of the molecule is Cn1c(C2CC2)nc2c(Cl)ccnc21. The van der Waals surface area contributed by atoms with E-state index >= 15 is 0 Å². The minimum atomic E-state index is 0.630. The van der Waals surface area contributed by atoms with Gasteiger partial charge in [0, 0.05) is 19.2 Å². The molecule has 4 heteroatoms. The summed E-state index contributed by atoms with van der Waals surface area (Å²) >= 11 is 6.05. The first-order chi connectivity index (χ1) is 6.77. The van der Waals surface area contributed by atoms with Crippen molar-refractivity contribution in [1.29, 1.82) is 0 Å². The van der Waals surface area contributed by atoms with Crippen molar-refractivity contribution in [2.24, 2.45) is 7.05 Å². The van der Waals surface area contributed by atoms with Crippen molar-refractivity contribution in [1.82, 2.24) is 14.5 Å². The molecule has 14 heavy (non-hydrogen) atoms. The smallest absolute Gasteiger partial charge is 0.161 e. The molecule has 3 rings (SSSR count). The molecular formula is C10H10ClN3. The molecule has 3 nitrogen and oxygen atoms in total. The minimum absolute atomic E-state index is 0.630. The Hall–Kier alpha value is -1.09. The van der Waals surface area contributed by atoms with Crippen molar-refractivity contribution >= 4 is 22.8 Å². The number of hydrogen-bond acceptors (Lipinski definition) is 2. The topological polar surface area (TPSA) is 30.7 Å². The third-order valence-electron chi connectivity index (χ3n) is 2.69. The van der Waals surface area contributed by atoms with Crippen molar-refractivity contribution in [3.63, 3.8) is 0 Å². The van der Waals surface area contributed by atoms with E-state index in [-0.39, 0.29) is 0 Å². The van der Waals surface area contributed by atoms with Crippen LogP contribution in [0.25, 0.3) is 11.2 Å². The summed E-state index contributed by atoms with van der Waals surface area (Å²) in [6.07, 6.45) is 4.21. The Balaban J connectivity index is 2.33. The van der Waals surface area contributed by atoms with Crippen LogP contribution in [0, 0.1) is 0 Å². The summed E-state index contributed by atoms with van der Waals surface area (Å²) in [7, 11) is 2.01. The minimum Gasteiger partial charge on any atom is -0.316 e. The first-order valence-electron chi connectivity index (χ1n) is 4.74. The molecule has 0 saturated heterocycles. The number of halogens is 1. The highest BCUT2D eigenvalue weighted by atomic mass is 35.5. The quantitative estimate of drug-likeness (QED) is 0.720. The number of aromatic nitrogens is 3. The van der Waals surface area contributed by atoms with Crippen LogP contribution in [-0.4, -0.2) is 14.5 Å². The third-order valence-corrected chi connectivity index (χ3v) is 2.99. The number of imidazole rings is 1. The lowest BCUT2D eigenvalue weighted by molar-refractivity contribution is 0.812. The summed E-state index contributed by atoms with van der Waals surface area (Å²) < 4.78 is 2.05. The number of pyridine rings is 1. The molecule has 2 aromatic rings. The van der Waals surface area contributed by atoms with Gasteiger partial charge in [-0.3, -0.25) is 0 Å². The highest BCUT2D eigenvalue weighted by molar-refractivity contribution is 6.34. The van der Waals surface area contributed by atoms with E-state index in [1.807, 2.05) is 7.05 Å². The van der Waals surface area contributed by atoms with Gasteiger partial charge in [0.25, 0.3) is 0 Å². The maximum Gasteiger partial charge on any atom is 0.161 e. The van der Waals surface area contributed by atoms with Crippen molar-refractivity contribution in [2.45, 2.75) is 18.8 Å². The van der Waals surface area contributed by atoms with E-state index < -0.39 is 0 Å². The van der Waals surface area contributed by atoms with Gasteiger partial charge in [-0.15, -0.1) is 0 Å². The molecule has 0 unspecified atom stereocenters. The zero-order valence-corrected chi connectivity index (χ0v) is 8.62. The van der Waals surface area contributed by atoms with E-state index in [0.29, 0.717) is 10.9 Å². The molecule has 72 valence electrons. The normalized spacial score (nSPS) is 16.4. The van der Waals surface area contributed by atoms with Gasteiger partial charge in [-0.05, 0) is 18.9 Å². The average Bonchev–Trinajstić information content (AvgIpc) is 2.94. The molecule has 0 aromatic carbocycles. The van der Waals surface area contributed by atoms with Gasteiger partial charge in [-0.1, -0.05) is 11.6 Å². The van der Waals surface area contributed by atoms with Crippen LogP contribution < -0.4 is 0 Å². The monoisotopic (exact) mass is 207 g/mol. The Morgan fingerprint density at radius 1 is 1.50 bits per heavy atom. The standard InChI is InChI=1S/C10H10ClN3/c1-14-9(6-2-3-6)13-8-7(11)4-5-12-10(8)14/h4-6H,2-3H2,1H3. The van der Waals surface area contributed by atoms with Crippen LogP contribution in [0.15, 0.2) is 12.3 Å². The Bertz CT molecular complexity index is 499. The molecule has 2 heterocycles. The van der Waals surface area contributed by atoms with Crippen molar-refractivity contribution in [2.75, 3.05) is 0 Å². The van der Waals surface area contributed by atoms with E-state index in [1.54, 1.807) is 12.3 Å². The molecular weight excluding hydrogens is 198 g/mol. The summed E-state index contributed by atoms with van der Waals surface area (Å²) in [6, 6.07) is 1.79. The Labute approximate surface area is 86.7 Å². The summed E-state index contributed by atoms with van der Waals surface area (Å²) in [6.45, 7) is 0. The first-order valence-corrected chi connectivity index (χ1v) is 5.12.